The molecule has 2 rings (SSSR count). The van der Waals surface area contributed by atoms with E-state index < -0.39 is 0 Å². The van der Waals surface area contributed by atoms with Crippen molar-refractivity contribution in [2.24, 2.45) is 0 Å². The van der Waals surface area contributed by atoms with Crippen molar-refractivity contribution >= 4 is 6.03 Å². The molecule has 0 unspecified atom stereocenters. The van der Waals surface area contributed by atoms with Crippen LogP contribution in [0.2, 0.25) is 0 Å². The zero-order valence-corrected chi connectivity index (χ0v) is 12.8. The molecule has 0 bridgehead atoms. The van der Waals surface area contributed by atoms with Gasteiger partial charge in [-0.15, -0.1) is 0 Å². The monoisotopic (exact) mass is 295 g/mol. The number of urea groups is 1. The van der Waals surface area contributed by atoms with Crippen LogP contribution >= 0.6 is 0 Å². The van der Waals surface area contributed by atoms with Gasteiger partial charge in [-0.1, -0.05) is 0 Å². The topological polar surface area (TPSA) is 71.4 Å². The maximum atomic E-state index is 11.9. The number of morpholine rings is 1. The molecule has 1 aromatic rings. The van der Waals surface area contributed by atoms with Gasteiger partial charge in [-0.25, -0.2) is 4.79 Å². The molecule has 0 aliphatic carbocycles. The Kier molecular flexibility index (Phi) is 6.01. The maximum absolute atomic E-state index is 11.9. The van der Waals surface area contributed by atoms with Crippen LogP contribution in [-0.2, 0) is 11.3 Å². The molecule has 0 radical (unpaired) electrons. The third-order valence-electron chi connectivity index (χ3n) is 3.41. The Morgan fingerprint density at radius 1 is 1.24 bits per heavy atom. The number of carbonyl (C=O) groups is 1. The number of hydrogen-bond donors (Lipinski definition) is 2. The van der Waals surface area contributed by atoms with Crippen molar-refractivity contribution in [2.45, 2.75) is 32.5 Å². The fourth-order valence-electron chi connectivity index (χ4n) is 2.44. The lowest BCUT2D eigenvalue weighted by Gasteiger charge is -2.29. The summed E-state index contributed by atoms with van der Waals surface area (Å²) >= 11 is 0. The van der Waals surface area contributed by atoms with Crippen molar-refractivity contribution < 1.29 is 9.53 Å². The van der Waals surface area contributed by atoms with Crippen LogP contribution in [0, 0.1) is 0 Å². The van der Waals surface area contributed by atoms with Gasteiger partial charge in [0.2, 0.25) is 0 Å². The third-order valence-corrected chi connectivity index (χ3v) is 3.41. The lowest BCUT2D eigenvalue weighted by molar-refractivity contribution is 0.0349. The standard InChI is InChI=1S/C14H25N5O2/c1-12(10-18-6-8-21-9-7-18)16-14(20)17-13(2)11-19-5-3-4-15-19/h3-5,12-13H,6-11H2,1-2H3,(H2,16,17,20)/t12-,13-/m1/s1. The first-order valence-corrected chi connectivity index (χ1v) is 7.48. The molecule has 7 heteroatoms. The predicted molar refractivity (Wildman–Crippen MR) is 80.1 cm³/mol. The van der Waals surface area contributed by atoms with Gasteiger partial charge in [0, 0.05) is 44.1 Å². The summed E-state index contributed by atoms with van der Waals surface area (Å²) in [4.78, 5) is 14.2. The van der Waals surface area contributed by atoms with Crippen molar-refractivity contribution in [3.8, 4) is 0 Å². The van der Waals surface area contributed by atoms with E-state index in [4.69, 9.17) is 4.74 Å². The number of nitrogens with zero attached hydrogens (tertiary/aromatic N) is 3. The van der Waals surface area contributed by atoms with Gasteiger partial charge in [-0.3, -0.25) is 9.58 Å². The van der Waals surface area contributed by atoms with Crippen molar-refractivity contribution in [3.63, 3.8) is 0 Å². The molecule has 1 fully saturated rings. The molecule has 2 heterocycles. The van der Waals surface area contributed by atoms with Crippen LogP contribution in [-0.4, -0.2) is 65.6 Å². The fourth-order valence-corrected chi connectivity index (χ4v) is 2.44. The lowest BCUT2D eigenvalue weighted by atomic mass is 10.3. The molecular formula is C14H25N5O2. The van der Waals surface area contributed by atoms with E-state index in [0.717, 1.165) is 32.8 Å². The normalized spacial score (nSPS) is 19.0. The SMILES string of the molecule is C[C@H](CN1CCOCC1)NC(=O)N[C@H](C)Cn1cccn1. The van der Waals surface area contributed by atoms with Crippen LogP contribution < -0.4 is 10.6 Å². The smallest absolute Gasteiger partial charge is 0.315 e. The molecule has 1 aromatic heterocycles. The van der Waals surface area contributed by atoms with E-state index in [0.29, 0.717) is 6.54 Å². The van der Waals surface area contributed by atoms with E-state index in [2.05, 4.69) is 20.6 Å². The summed E-state index contributed by atoms with van der Waals surface area (Å²) in [5.41, 5.74) is 0. The molecule has 1 saturated heterocycles. The second kappa shape index (κ2) is 7.99. The highest BCUT2D eigenvalue weighted by Crippen LogP contribution is 1.98. The van der Waals surface area contributed by atoms with E-state index in [-0.39, 0.29) is 18.1 Å². The number of carbonyl (C=O) groups excluding carboxylic acids is 1. The minimum atomic E-state index is -0.129. The molecule has 1 aliphatic heterocycles. The van der Waals surface area contributed by atoms with Crippen molar-refractivity contribution in [3.05, 3.63) is 18.5 Å². The number of amides is 2. The van der Waals surface area contributed by atoms with Gasteiger partial charge in [-0.05, 0) is 19.9 Å². The highest BCUT2D eigenvalue weighted by Gasteiger charge is 2.16. The van der Waals surface area contributed by atoms with E-state index in [9.17, 15) is 4.79 Å². The van der Waals surface area contributed by atoms with Crippen molar-refractivity contribution in [1.29, 1.82) is 0 Å². The largest absolute Gasteiger partial charge is 0.379 e. The molecule has 2 atom stereocenters. The summed E-state index contributed by atoms with van der Waals surface area (Å²) in [6.45, 7) is 8.93. The Bertz CT molecular complexity index is 417. The van der Waals surface area contributed by atoms with Gasteiger partial charge in [0.05, 0.1) is 19.8 Å². The summed E-state index contributed by atoms with van der Waals surface area (Å²) in [5.74, 6) is 0. The molecule has 2 amide bonds. The van der Waals surface area contributed by atoms with Crippen LogP contribution in [0.25, 0.3) is 0 Å². The number of ether oxygens (including phenoxy) is 1. The van der Waals surface area contributed by atoms with Gasteiger partial charge in [0.25, 0.3) is 0 Å². The molecule has 2 N–H and O–H groups in total. The van der Waals surface area contributed by atoms with Crippen molar-refractivity contribution in [1.82, 2.24) is 25.3 Å². The van der Waals surface area contributed by atoms with E-state index in [1.54, 1.807) is 6.20 Å². The van der Waals surface area contributed by atoms with Crippen LogP contribution in [0.4, 0.5) is 4.79 Å². The first-order chi connectivity index (χ1) is 10.1. The molecule has 0 spiro atoms. The van der Waals surface area contributed by atoms with Crippen LogP contribution in [0.15, 0.2) is 18.5 Å². The predicted octanol–water partition coefficient (Wildman–Crippen LogP) is 0.292. The van der Waals surface area contributed by atoms with Gasteiger partial charge in [-0.2, -0.15) is 5.10 Å². The average Bonchev–Trinajstić information content (AvgIpc) is 2.91. The first-order valence-electron chi connectivity index (χ1n) is 7.48. The highest BCUT2D eigenvalue weighted by molar-refractivity contribution is 5.74. The quantitative estimate of drug-likeness (QED) is 0.791. The Morgan fingerprint density at radius 3 is 2.52 bits per heavy atom. The first kappa shape index (κ1) is 15.8. The Morgan fingerprint density at radius 2 is 1.90 bits per heavy atom. The van der Waals surface area contributed by atoms with E-state index in [1.807, 2.05) is 30.8 Å². The summed E-state index contributed by atoms with van der Waals surface area (Å²) in [6.07, 6.45) is 3.62. The second-order valence-corrected chi connectivity index (χ2v) is 5.56. The zero-order chi connectivity index (χ0) is 15.1. The molecule has 7 nitrogen and oxygen atoms in total. The average molecular weight is 295 g/mol. The fraction of sp³-hybridized carbons (Fsp3) is 0.714. The summed E-state index contributed by atoms with van der Waals surface area (Å²) in [7, 11) is 0. The van der Waals surface area contributed by atoms with E-state index in [1.165, 1.54) is 0 Å². The zero-order valence-electron chi connectivity index (χ0n) is 12.8. The number of rotatable bonds is 6. The number of hydrogen-bond acceptors (Lipinski definition) is 4. The van der Waals surface area contributed by atoms with Crippen LogP contribution in [0.5, 0.6) is 0 Å². The second-order valence-electron chi connectivity index (χ2n) is 5.56. The van der Waals surface area contributed by atoms with Crippen LogP contribution in [0.3, 0.4) is 0 Å². The highest BCUT2D eigenvalue weighted by atomic mass is 16.5. The Labute approximate surface area is 125 Å². The van der Waals surface area contributed by atoms with Gasteiger partial charge >= 0.3 is 6.03 Å². The number of aromatic nitrogens is 2. The minimum absolute atomic E-state index is 0.0282. The molecule has 0 saturated carbocycles. The minimum Gasteiger partial charge on any atom is -0.379 e. The summed E-state index contributed by atoms with van der Waals surface area (Å²) in [5, 5.41) is 10.0. The number of nitrogens with one attached hydrogen (secondary N) is 2. The summed E-state index contributed by atoms with van der Waals surface area (Å²) in [6, 6.07) is 1.88. The Hall–Kier alpha value is -1.60. The maximum Gasteiger partial charge on any atom is 0.315 e. The third kappa shape index (κ3) is 5.73. The summed E-state index contributed by atoms with van der Waals surface area (Å²) < 4.78 is 7.12. The molecule has 118 valence electrons. The van der Waals surface area contributed by atoms with E-state index >= 15 is 0 Å². The molecule has 21 heavy (non-hydrogen) atoms. The van der Waals surface area contributed by atoms with Gasteiger partial charge in [0.15, 0.2) is 0 Å². The molecule has 1 aliphatic rings. The lowest BCUT2D eigenvalue weighted by Crippen LogP contribution is -2.50. The van der Waals surface area contributed by atoms with Gasteiger partial charge < -0.3 is 15.4 Å². The van der Waals surface area contributed by atoms with Crippen molar-refractivity contribution in [2.75, 3.05) is 32.8 Å². The molecular weight excluding hydrogens is 270 g/mol. The van der Waals surface area contributed by atoms with Crippen LogP contribution in [0.1, 0.15) is 13.8 Å². The Balaban J connectivity index is 1.65. The van der Waals surface area contributed by atoms with Gasteiger partial charge in [0.1, 0.15) is 0 Å². The molecule has 0 aromatic carbocycles.